The van der Waals surface area contributed by atoms with E-state index in [4.69, 9.17) is 0 Å². The molecular formula is C12H10N2O. The minimum absolute atomic E-state index is 0.641. The quantitative estimate of drug-likeness (QED) is 0.478. The number of para-hydroxylation sites is 2. The van der Waals surface area contributed by atoms with Crippen LogP contribution in [-0.2, 0) is 6.42 Å². The van der Waals surface area contributed by atoms with Gasteiger partial charge in [0.25, 0.3) is 0 Å². The first kappa shape index (κ1) is 8.41. The normalized spacial score (nSPS) is 14.1. The Morgan fingerprint density at radius 3 is 3.07 bits per heavy atom. The molecule has 0 bridgehead atoms. The molecule has 2 aromatic rings. The molecule has 15 heavy (non-hydrogen) atoms. The third-order valence-electron chi connectivity index (χ3n) is 2.69. The first-order chi connectivity index (χ1) is 7.36. The predicted octanol–water partition coefficient (Wildman–Crippen LogP) is 1.83. The van der Waals surface area contributed by atoms with Gasteiger partial charge in [-0.3, -0.25) is 0 Å². The summed E-state index contributed by atoms with van der Waals surface area (Å²) in [6, 6.07) is 7.44. The molecule has 3 nitrogen and oxygen atoms in total. The summed E-state index contributed by atoms with van der Waals surface area (Å²) in [7, 11) is 0. The lowest BCUT2D eigenvalue weighted by Gasteiger charge is -2.11. The van der Waals surface area contributed by atoms with E-state index in [1.165, 1.54) is 0 Å². The summed E-state index contributed by atoms with van der Waals surface area (Å²) in [5, 5.41) is 12.0. The molecular weight excluding hydrogens is 188 g/mol. The van der Waals surface area contributed by atoms with Gasteiger partial charge in [0.2, 0.25) is 11.2 Å². The lowest BCUT2D eigenvalue weighted by molar-refractivity contribution is -0.580. The summed E-state index contributed by atoms with van der Waals surface area (Å²) in [5.74, 6) is 0. The van der Waals surface area contributed by atoms with Gasteiger partial charge in [0, 0.05) is 12.1 Å². The van der Waals surface area contributed by atoms with Gasteiger partial charge in [0.05, 0.1) is 0 Å². The van der Waals surface area contributed by atoms with E-state index in [-0.39, 0.29) is 0 Å². The fourth-order valence-electron chi connectivity index (χ4n) is 1.94. The first-order valence-corrected chi connectivity index (χ1v) is 5.04. The van der Waals surface area contributed by atoms with Gasteiger partial charge in [-0.05, 0) is 18.9 Å². The average Bonchev–Trinajstić information content (AvgIpc) is 2.30. The van der Waals surface area contributed by atoms with E-state index in [9.17, 15) is 5.21 Å². The largest absolute Gasteiger partial charge is 0.618 e. The topological polar surface area (TPSA) is 39.8 Å². The molecule has 1 aliphatic carbocycles. The molecule has 1 aromatic carbocycles. The summed E-state index contributed by atoms with van der Waals surface area (Å²) in [5.41, 5.74) is 3.02. The number of hydrogen-bond donors (Lipinski definition) is 0. The van der Waals surface area contributed by atoms with E-state index in [0.29, 0.717) is 11.2 Å². The summed E-state index contributed by atoms with van der Waals surface area (Å²) in [4.78, 5) is 4.50. The van der Waals surface area contributed by atoms with Crippen molar-refractivity contribution in [2.45, 2.75) is 12.8 Å². The van der Waals surface area contributed by atoms with Crippen molar-refractivity contribution < 1.29 is 4.73 Å². The van der Waals surface area contributed by atoms with Crippen LogP contribution in [0.2, 0.25) is 0 Å². The van der Waals surface area contributed by atoms with Crippen LogP contribution < -0.4 is 4.73 Å². The van der Waals surface area contributed by atoms with Crippen LogP contribution in [0.25, 0.3) is 17.1 Å². The molecule has 1 aromatic heterocycles. The number of allylic oxidation sites excluding steroid dienone is 1. The summed E-state index contributed by atoms with van der Waals surface area (Å²) < 4.78 is 0.979. The van der Waals surface area contributed by atoms with Gasteiger partial charge in [-0.25, -0.2) is 4.98 Å². The minimum Gasteiger partial charge on any atom is -0.618 e. The van der Waals surface area contributed by atoms with Gasteiger partial charge in [-0.1, -0.05) is 18.2 Å². The second-order valence-electron chi connectivity index (χ2n) is 3.67. The van der Waals surface area contributed by atoms with Crippen LogP contribution in [0.5, 0.6) is 0 Å². The average molecular weight is 198 g/mol. The van der Waals surface area contributed by atoms with Crippen LogP contribution in [0, 0.1) is 5.21 Å². The Hall–Kier alpha value is -1.90. The van der Waals surface area contributed by atoms with Crippen molar-refractivity contribution in [2.24, 2.45) is 0 Å². The highest BCUT2D eigenvalue weighted by Crippen LogP contribution is 2.17. The van der Waals surface area contributed by atoms with E-state index < -0.39 is 0 Å². The van der Waals surface area contributed by atoms with Crippen LogP contribution in [0.3, 0.4) is 0 Å². The minimum atomic E-state index is 0.641. The number of benzene rings is 1. The van der Waals surface area contributed by atoms with Crippen molar-refractivity contribution in [3.05, 3.63) is 46.9 Å². The summed E-state index contributed by atoms with van der Waals surface area (Å²) >= 11 is 0. The van der Waals surface area contributed by atoms with Crippen molar-refractivity contribution in [2.75, 3.05) is 0 Å². The maximum Gasteiger partial charge on any atom is 0.242 e. The van der Waals surface area contributed by atoms with Crippen LogP contribution in [0.1, 0.15) is 17.8 Å². The van der Waals surface area contributed by atoms with Crippen molar-refractivity contribution in [3.63, 3.8) is 0 Å². The van der Waals surface area contributed by atoms with Crippen LogP contribution in [0.4, 0.5) is 0 Å². The van der Waals surface area contributed by atoms with Crippen molar-refractivity contribution in [1.82, 2.24) is 4.98 Å². The van der Waals surface area contributed by atoms with Crippen LogP contribution >= 0.6 is 0 Å². The molecule has 0 saturated carbocycles. The molecule has 3 heteroatoms. The van der Waals surface area contributed by atoms with Gasteiger partial charge in [-0.15, -0.1) is 0 Å². The molecule has 0 amide bonds. The molecule has 0 N–H and O–H groups in total. The Balaban J connectivity index is 2.42. The van der Waals surface area contributed by atoms with E-state index in [0.717, 1.165) is 28.8 Å². The molecule has 0 fully saturated rings. The highest BCUT2D eigenvalue weighted by molar-refractivity contribution is 5.72. The van der Waals surface area contributed by atoms with E-state index in [2.05, 4.69) is 4.98 Å². The van der Waals surface area contributed by atoms with Gasteiger partial charge >= 0.3 is 0 Å². The standard InChI is InChI=1S/C12H10N2O/c15-14-11-7-3-1-5-9(11)13-10-6-2-4-8-12(10)14/h1,3-5,7-8H,2,6H2. The smallest absolute Gasteiger partial charge is 0.242 e. The molecule has 1 aliphatic rings. The van der Waals surface area contributed by atoms with Gasteiger partial charge in [0.1, 0.15) is 11.2 Å². The van der Waals surface area contributed by atoms with E-state index in [1.54, 1.807) is 6.07 Å². The monoisotopic (exact) mass is 198 g/mol. The van der Waals surface area contributed by atoms with Crippen LogP contribution in [-0.4, -0.2) is 4.98 Å². The zero-order valence-corrected chi connectivity index (χ0v) is 8.18. The zero-order valence-electron chi connectivity index (χ0n) is 8.18. The Kier molecular flexibility index (Phi) is 1.71. The molecule has 0 spiro atoms. The van der Waals surface area contributed by atoms with Gasteiger partial charge in [-0.2, -0.15) is 4.73 Å². The number of hydrogen-bond acceptors (Lipinski definition) is 2. The van der Waals surface area contributed by atoms with Crippen molar-refractivity contribution in [1.29, 1.82) is 0 Å². The van der Waals surface area contributed by atoms with Crippen molar-refractivity contribution >= 4 is 17.1 Å². The maximum atomic E-state index is 12.0. The van der Waals surface area contributed by atoms with E-state index >= 15 is 0 Å². The number of nitrogens with zero attached hydrogens (tertiary/aromatic N) is 2. The Morgan fingerprint density at radius 2 is 2.13 bits per heavy atom. The zero-order chi connectivity index (χ0) is 10.3. The number of fused-ring (bicyclic) bond motifs is 2. The van der Waals surface area contributed by atoms with Crippen molar-refractivity contribution in [3.8, 4) is 0 Å². The molecule has 3 rings (SSSR count). The highest BCUT2D eigenvalue weighted by Gasteiger charge is 2.17. The second-order valence-corrected chi connectivity index (χ2v) is 3.67. The molecule has 0 saturated heterocycles. The molecule has 0 unspecified atom stereocenters. The highest BCUT2D eigenvalue weighted by atomic mass is 16.5. The predicted molar refractivity (Wildman–Crippen MR) is 58.1 cm³/mol. The first-order valence-electron chi connectivity index (χ1n) is 5.04. The molecule has 1 heterocycles. The summed E-state index contributed by atoms with van der Waals surface area (Å²) in [6.45, 7) is 0. The van der Waals surface area contributed by atoms with Gasteiger partial charge < -0.3 is 5.21 Å². The third kappa shape index (κ3) is 1.20. The molecule has 0 aliphatic heterocycles. The number of rotatable bonds is 0. The second kappa shape index (κ2) is 3.05. The Bertz CT molecular complexity index is 561. The lowest BCUT2D eigenvalue weighted by Crippen LogP contribution is -2.34. The van der Waals surface area contributed by atoms with E-state index in [1.807, 2.05) is 30.4 Å². The molecule has 0 atom stereocenters. The van der Waals surface area contributed by atoms with Crippen LogP contribution in [0.15, 0.2) is 30.3 Å². The van der Waals surface area contributed by atoms with Gasteiger partial charge in [0.15, 0.2) is 0 Å². The molecule has 0 radical (unpaired) electrons. The number of aryl methyl sites for hydroxylation is 1. The molecule has 74 valence electrons. The number of aromatic nitrogens is 2. The Morgan fingerprint density at radius 1 is 1.27 bits per heavy atom. The Labute approximate surface area is 87.3 Å². The third-order valence-corrected chi connectivity index (χ3v) is 2.69. The SMILES string of the molecule is [O-][n+]1c2c(nc3ccccc31)CCC=C2. The lowest BCUT2D eigenvalue weighted by atomic mass is 10.1. The fourth-order valence-corrected chi connectivity index (χ4v) is 1.94. The fraction of sp³-hybridized carbons (Fsp3) is 0.167. The maximum absolute atomic E-state index is 12.0. The summed E-state index contributed by atoms with van der Waals surface area (Å²) in [6.07, 6.45) is 5.72.